The van der Waals surface area contributed by atoms with E-state index >= 15 is 0 Å². The predicted molar refractivity (Wildman–Crippen MR) is 119 cm³/mol. The molecule has 0 N–H and O–H groups in total. The molecule has 1 amide bonds. The Hall–Kier alpha value is -2.92. The van der Waals surface area contributed by atoms with Gasteiger partial charge in [0, 0.05) is 44.8 Å². The number of benzene rings is 2. The van der Waals surface area contributed by atoms with Gasteiger partial charge in [0.2, 0.25) is 5.96 Å². The molecule has 0 saturated heterocycles. The third-order valence-electron chi connectivity index (χ3n) is 6.17. The van der Waals surface area contributed by atoms with Crippen molar-refractivity contribution in [1.29, 1.82) is 0 Å². The Labute approximate surface area is 178 Å². The van der Waals surface area contributed by atoms with E-state index in [9.17, 15) is 4.79 Å². The summed E-state index contributed by atoms with van der Waals surface area (Å²) in [6.45, 7) is 7.01. The number of carbonyl (C=O) groups excluding carboxylic acids is 1. The van der Waals surface area contributed by atoms with Gasteiger partial charge in [0.1, 0.15) is 0 Å². The number of nitrogens with zero attached hydrogens (tertiary/aromatic N) is 4. The molecule has 3 aliphatic rings. The molecule has 5 rings (SSSR count). The Morgan fingerprint density at radius 1 is 0.967 bits per heavy atom. The van der Waals surface area contributed by atoms with Crippen LogP contribution < -0.4 is 0 Å². The summed E-state index contributed by atoms with van der Waals surface area (Å²) < 4.78 is 0. The number of carbonyl (C=O) groups is 1. The minimum Gasteiger partial charge on any atom is -0.315 e. The summed E-state index contributed by atoms with van der Waals surface area (Å²) in [7, 11) is 0. The number of guanidine groups is 1. The zero-order chi connectivity index (χ0) is 20.5. The van der Waals surface area contributed by atoms with Gasteiger partial charge < -0.3 is 4.90 Å². The van der Waals surface area contributed by atoms with Crippen LogP contribution in [-0.2, 0) is 17.9 Å². The number of hydrogen-bond donors (Lipinski definition) is 0. The summed E-state index contributed by atoms with van der Waals surface area (Å²) in [5.41, 5.74) is 5.87. The van der Waals surface area contributed by atoms with Crippen LogP contribution in [0.5, 0.6) is 0 Å². The highest BCUT2D eigenvalue weighted by Gasteiger charge is 2.40. The molecule has 0 bridgehead atoms. The van der Waals surface area contributed by atoms with Crippen LogP contribution in [0.1, 0.15) is 29.5 Å². The first-order valence-corrected chi connectivity index (χ1v) is 10.9. The Morgan fingerprint density at radius 2 is 1.80 bits per heavy atom. The molecule has 0 aliphatic carbocycles. The number of rotatable bonds is 4. The van der Waals surface area contributed by atoms with E-state index in [4.69, 9.17) is 4.99 Å². The monoisotopic (exact) mass is 400 g/mol. The molecule has 0 radical (unpaired) electrons. The molecule has 2 aromatic rings. The van der Waals surface area contributed by atoms with Crippen LogP contribution in [-0.4, -0.2) is 52.7 Å². The molecule has 2 aromatic carbocycles. The van der Waals surface area contributed by atoms with Crippen LogP contribution in [0.4, 0.5) is 0 Å². The smallest absolute Gasteiger partial charge is 0.259 e. The SMILES string of the molecule is Cc1cccc(CN2CCC3=C(C2)C(=O)N(Cc2ccccc2)C2=NCCCN23)c1. The third kappa shape index (κ3) is 3.65. The van der Waals surface area contributed by atoms with Crippen LogP contribution in [0.25, 0.3) is 0 Å². The van der Waals surface area contributed by atoms with Gasteiger partial charge >= 0.3 is 0 Å². The lowest BCUT2D eigenvalue weighted by atomic mass is 9.99. The Morgan fingerprint density at radius 3 is 2.63 bits per heavy atom. The lowest BCUT2D eigenvalue weighted by molar-refractivity contribution is -0.125. The first-order valence-electron chi connectivity index (χ1n) is 10.9. The maximum absolute atomic E-state index is 13.6. The average Bonchev–Trinajstić information content (AvgIpc) is 2.77. The van der Waals surface area contributed by atoms with Crippen LogP contribution in [0, 0.1) is 6.92 Å². The molecule has 0 fully saturated rings. The molecule has 0 spiro atoms. The fourth-order valence-corrected chi connectivity index (χ4v) is 4.74. The number of aryl methyl sites for hydroxylation is 1. The van der Waals surface area contributed by atoms with E-state index in [1.807, 2.05) is 23.1 Å². The standard InChI is InChI=1S/C25H28N4O/c1-19-7-5-10-21(15-19)16-27-14-11-23-22(18-27)24(30)29(17-20-8-3-2-4-9-20)25-26-12-6-13-28(23)25/h2-5,7-10,15H,6,11-14,16-18H2,1H3. The highest BCUT2D eigenvalue weighted by molar-refractivity contribution is 6.09. The predicted octanol–water partition coefficient (Wildman–Crippen LogP) is 3.56. The maximum atomic E-state index is 13.6. The van der Waals surface area contributed by atoms with Crippen LogP contribution in [0.3, 0.4) is 0 Å². The molecule has 0 unspecified atom stereocenters. The van der Waals surface area contributed by atoms with Gasteiger partial charge in [-0.05, 0) is 24.5 Å². The molecule has 154 valence electrons. The van der Waals surface area contributed by atoms with Crippen molar-refractivity contribution in [2.75, 3.05) is 26.2 Å². The van der Waals surface area contributed by atoms with Crippen molar-refractivity contribution in [1.82, 2.24) is 14.7 Å². The Bertz CT molecular complexity index is 1010. The third-order valence-corrected chi connectivity index (χ3v) is 6.17. The van der Waals surface area contributed by atoms with Crippen molar-refractivity contribution in [3.63, 3.8) is 0 Å². The minimum atomic E-state index is 0.125. The van der Waals surface area contributed by atoms with Gasteiger partial charge in [-0.25, -0.2) is 0 Å². The van der Waals surface area contributed by atoms with Gasteiger partial charge in [-0.3, -0.25) is 19.6 Å². The lowest BCUT2D eigenvalue weighted by Crippen LogP contribution is -2.56. The molecule has 0 saturated carbocycles. The number of aliphatic imine (C=N–C) groups is 1. The molecule has 5 heteroatoms. The molecule has 30 heavy (non-hydrogen) atoms. The fourth-order valence-electron chi connectivity index (χ4n) is 4.74. The minimum absolute atomic E-state index is 0.125. The van der Waals surface area contributed by atoms with Crippen LogP contribution in [0.15, 0.2) is 70.9 Å². The molecule has 3 heterocycles. The van der Waals surface area contributed by atoms with Crippen LogP contribution >= 0.6 is 0 Å². The Kier molecular flexibility index (Phi) is 5.13. The second-order valence-electron chi connectivity index (χ2n) is 8.44. The zero-order valence-electron chi connectivity index (χ0n) is 17.6. The quantitative estimate of drug-likeness (QED) is 0.788. The van der Waals surface area contributed by atoms with E-state index in [-0.39, 0.29) is 5.91 Å². The first-order chi connectivity index (χ1) is 14.7. The highest BCUT2D eigenvalue weighted by Crippen LogP contribution is 2.32. The van der Waals surface area contributed by atoms with Crippen molar-refractivity contribution >= 4 is 11.9 Å². The molecule has 0 aromatic heterocycles. The summed E-state index contributed by atoms with van der Waals surface area (Å²) in [6.07, 6.45) is 1.95. The number of hydrogen-bond acceptors (Lipinski definition) is 4. The van der Waals surface area contributed by atoms with E-state index < -0.39 is 0 Å². The van der Waals surface area contributed by atoms with Gasteiger partial charge in [-0.15, -0.1) is 0 Å². The highest BCUT2D eigenvalue weighted by atomic mass is 16.2. The van der Waals surface area contributed by atoms with Gasteiger partial charge in [0.15, 0.2) is 0 Å². The van der Waals surface area contributed by atoms with Crippen molar-refractivity contribution in [2.45, 2.75) is 32.9 Å². The topological polar surface area (TPSA) is 39.2 Å². The summed E-state index contributed by atoms with van der Waals surface area (Å²) in [5.74, 6) is 0.973. The summed E-state index contributed by atoms with van der Waals surface area (Å²) in [6, 6.07) is 18.9. The van der Waals surface area contributed by atoms with E-state index in [0.717, 1.165) is 56.1 Å². The molecule has 3 aliphatic heterocycles. The van der Waals surface area contributed by atoms with E-state index in [1.54, 1.807) is 0 Å². The second-order valence-corrected chi connectivity index (χ2v) is 8.44. The normalized spacial score (nSPS) is 19.5. The van der Waals surface area contributed by atoms with Gasteiger partial charge in [0.25, 0.3) is 5.91 Å². The van der Waals surface area contributed by atoms with E-state index in [1.165, 1.54) is 16.8 Å². The van der Waals surface area contributed by atoms with Crippen molar-refractivity contribution in [2.24, 2.45) is 4.99 Å². The number of fused-ring (bicyclic) bond motifs is 2. The van der Waals surface area contributed by atoms with Gasteiger partial charge in [0.05, 0.1) is 12.1 Å². The second kappa shape index (κ2) is 8.07. The summed E-state index contributed by atoms with van der Waals surface area (Å²) in [4.78, 5) is 25.0. The Balaban J connectivity index is 1.42. The van der Waals surface area contributed by atoms with Crippen molar-refractivity contribution in [3.05, 3.63) is 82.6 Å². The van der Waals surface area contributed by atoms with E-state index in [2.05, 4.69) is 53.1 Å². The lowest BCUT2D eigenvalue weighted by Gasteiger charge is -2.45. The van der Waals surface area contributed by atoms with E-state index in [0.29, 0.717) is 13.1 Å². The molecular formula is C25H28N4O. The number of amides is 1. The fraction of sp³-hybridized carbons (Fsp3) is 0.360. The maximum Gasteiger partial charge on any atom is 0.259 e. The average molecular weight is 401 g/mol. The van der Waals surface area contributed by atoms with Crippen LogP contribution in [0.2, 0.25) is 0 Å². The first kappa shape index (κ1) is 19.1. The summed E-state index contributed by atoms with van der Waals surface area (Å²) >= 11 is 0. The van der Waals surface area contributed by atoms with Crippen molar-refractivity contribution < 1.29 is 4.79 Å². The van der Waals surface area contributed by atoms with Crippen molar-refractivity contribution in [3.8, 4) is 0 Å². The van der Waals surface area contributed by atoms with Gasteiger partial charge in [-0.1, -0.05) is 60.2 Å². The van der Waals surface area contributed by atoms with Gasteiger partial charge in [-0.2, -0.15) is 0 Å². The largest absolute Gasteiger partial charge is 0.315 e. The molecule has 0 atom stereocenters. The molecular weight excluding hydrogens is 372 g/mol. The molecule has 5 nitrogen and oxygen atoms in total. The zero-order valence-corrected chi connectivity index (χ0v) is 17.6. The summed E-state index contributed by atoms with van der Waals surface area (Å²) in [5, 5.41) is 0.